The Bertz CT molecular complexity index is 584. The average Bonchev–Trinajstić information content (AvgIpc) is 2.23. The number of benzene rings is 1. The Hall–Kier alpha value is -2.15. The molecule has 0 radical (unpaired) electrons. The summed E-state index contributed by atoms with van der Waals surface area (Å²) in [5.41, 5.74) is 7.40. The molecule has 0 bridgehead atoms. The number of rotatable bonds is 0. The molecule has 2 rings (SSSR count). The van der Waals surface area contributed by atoms with Crippen LogP contribution in [0.5, 0.6) is 0 Å². The fourth-order valence-electron chi connectivity index (χ4n) is 1.52. The highest BCUT2D eigenvalue weighted by atomic mass is 19.1. The molecule has 0 amide bonds. The summed E-state index contributed by atoms with van der Waals surface area (Å²) in [5.74, 6) is -0.447. The number of hydrogen-bond donors (Lipinski definition) is 1. The second kappa shape index (κ2) is 3.21. The molecule has 4 heteroatoms. The molecule has 1 aromatic carbocycles. The first kappa shape index (κ1) is 9.41. The Morgan fingerprint density at radius 1 is 1.47 bits per heavy atom. The number of aryl methyl sites for hydroxylation is 1. The van der Waals surface area contributed by atoms with E-state index in [4.69, 9.17) is 11.0 Å². The van der Waals surface area contributed by atoms with Gasteiger partial charge in [-0.15, -0.1) is 0 Å². The summed E-state index contributed by atoms with van der Waals surface area (Å²) in [5, 5.41) is 8.98. The van der Waals surface area contributed by atoms with Crippen LogP contribution in [-0.4, -0.2) is 4.98 Å². The summed E-state index contributed by atoms with van der Waals surface area (Å²) < 4.78 is 13.5. The molecule has 0 aliphatic carbocycles. The zero-order chi connectivity index (χ0) is 11.0. The number of pyridine rings is 1. The Morgan fingerprint density at radius 3 is 2.87 bits per heavy atom. The Morgan fingerprint density at radius 2 is 2.20 bits per heavy atom. The Labute approximate surface area is 86.0 Å². The Balaban J connectivity index is 3.00. The number of nitrogens with zero attached hydrogens (tertiary/aromatic N) is 2. The first-order chi connectivity index (χ1) is 7.15. The van der Waals surface area contributed by atoms with Crippen LogP contribution >= 0.6 is 0 Å². The molecule has 15 heavy (non-hydrogen) atoms. The largest absolute Gasteiger partial charge is 0.397 e. The summed E-state index contributed by atoms with van der Waals surface area (Å²) in [7, 11) is 0. The van der Waals surface area contributed by atoms with E-state index < -0.39 is 5.82 Å². The van der Waals surface area contributed by atoms with Gasteiger partial charge in [0.1, 0.15) is 11.9 Å². The molecule has 0 unspecified atom stereocenters. The van der Waals surface area contributed by atoms with Crippen molar-refractivity contribution in [2.45, 2.75) is 6.92 Å². The van der Waals surface area contributed by atoms with E-state index in [2.05, 4.69) is 4.98 Å². The lowest BCUT2D eigenvalue weighted by Crippen LogP contribution is -1.97. The van der Waals surface area contributed by atoms with Crippen molar-refractivity contribution in [1.29, 1.82) is 5.26 Å². The monoisotopic (exact) mass is 201 g/mol. The van der Waals surface area contributed by atoms with Gasteiger partial charge in [-0.3, -0.25) is 4.98 Å². The van der Waals surface area contributed by atoms with E-state index in [1.165, 1.54) is 12.3 Å². The highest BCUT2D eigenvalue weighted by Crippen LogP contribution is 2.27. The number of nitrogens with two attached hydrogens (primary N) is 1. The number of halogens is 1. The highest BCUT2D eigenvalue weighted by molar-refractivity contribution is 5.94. The molecule has 0 saturated carbocycles. The predicted octanol–water partition coefficient (Wildman–Crippen LogP) is 2.14. The maximum absolute atomic E-state index is 13.5. The van der Waals surface area contributed by atoms with Gasteiger partial charge in [0.25, 0.3) is 0 Å². The molecule has 3 nitrogen and oxygen atoms in total. The number of aromatic nitrogens is 1. The molecule has 0 spiro atoms. The molecule has 0 aliphatic heterocycles. The van der Waals surface area contributed by atoms with Gasteiger partial charge in [0.15, 0.2) is 0 Å². The molecule has 0 aliphatic rings. The second-order valence-electron chi connectivity index (χ2n) is 3.29. The second-order valence-corrected chi connectivity index (χ2v) is 3.29. The number of nitriles is 1. The van der Waals surface area contributed by atoms with Crippen LogP contribution in [-0.2, 0) is 0 Å². The maximum atomic E-state index is 13.5. The summed E-state index contributed by atoms with van der Waals surface area (Å²) in [6.07, 6.45) is 1.37. The van der Waals surface area contributed by atoms with Crippen LogP contribution in [0.3, 0.4) is 0 Å². The van der Waals surface area contributed by atoms with Crippen molar-refractivity contribution in [3.05, 3.63) is 35.3 Å². The summed E-state index contributed by atoms with van der Waals surface area (Å²) in [6.45, 7) is 1.82. The van der Waals surface area contributed by atoms with E-state index in [-0.39, 0.29) is 16.6 Å². The maximum Gasteiger partial charge on any atom is 0.134 e. The fourth-order valence-corrected chi connectivity index (χ4v) is 1.52. The summed E-state index contributed by atoms with van der Waals surface area (Å²) in [4.78, 5) is 4.03. The van der Waals surface area contributed by atoms with E-state index in [1.54, 1.807) is 6.07 Å². The summed E-state index contributed by atoms with van der Waals surface area (Å²) >= 11 is 0. The van der Waals surface area contributed by atoms with Gasteiger partial charge in [0, 0.05) is 6.20 Å². The SMILES string of the molecule is Cc1ccc(F)c2c(N)c(C#N)cnc12. The minimum Gasteiger partial charge on any atom is -0.397 e. The average molecular weight is 201 g/mol. The number of nitrogen functional groups attached to an aromatic ring is 1. The van der Waals surface area contributed by atoms with Crippen molar-refractivity contribution in [3.63, 3.8) is 0 Å². The van der Waals surface area contributed by atoms with Crippen molar-refractivity contribution < 1.29 is 4.39 Å². The van der Waals surface area contributed by atoms with Crippen molar-refractivity contribution in [1.82, 2.24) is 4.98 Å². The van der Waals surface area contributed by atoms with Crippen LogP contribution in [0.25, 0.3) is 10.9 Å². The van der Waals surface area contributed by atoms with Gasteiger partial charge < -0.3 is 5.73 Å². The molecule has 0 saturated heterocycles. The first-order valence-electron chi connectivity index (χ1n) is 4.38. The van der Waals surface area contributed by atoms with Gasteiger partial charge in [0.05, 0.1) is 22.2 Å². The quantitative estimate of drug-likeness (QED) is 0.710. The number of hydrogen-bond acceptors (Lipinski definition) is 3. The molecule has 1 heterocycles. The Kier molecular flexibility index (Phi) is 2.01. The molecular formula is C11H8FN3. The van der Waals surface area contributed by atoms with Gasteiger partial charge in [-0.2, -0.15) is 5.26 Å². The lowest BCUT2D eigenvalue weighted by Gasteiger charge is -2.06. The predicted molar refractivity (Wildman–Crippen MR) is 55.6 cm³/mol. The van der Waals surface area contributed by atoms with Gasteiger partial charge >= 0.3 is 0 Å². The molecule has 0 fully saturated rings. The fraction of sp³-hybridized carbons (Fsp3) is 0.0909. The van der Waals surface area contributed by atoms with E-state index in [0.717, 1.165) is 5.56 Å². The molecule has 74 valence electrons. The lowest BCUT2D eigenvalue weighted by atomic mass is 10.1. The minimum atomic E-state index is -0.447. The minimum absolute atomic E-state index is 0.156. The van der Waals surface area contributed by atoms with Gasteiger partial charge in [-0.25, -0.2) is 4.39 Å². The van der Waals surface area contributed by atoms with E-state index in [0.29, 0.717) is 5.52 Å². The normalized spacial score (nSPS) is 10.2. The number of anilines is 1. The zero-order valence-electron chi connectivity index (χ0n) is 8.08. The van der Waals surface area contributed by atoms with Crippen LogP contribution < -0.4 is 5.73 Å². The molecule has 2 aromatic rings. The van der Waals surface area contributed by atoms with E-state index in [9.17, 15) is 4.39 Å². The van der Waals surface area contributed by atoms with Crippen molar-refractivity contribution in [2.75, 3.05) is 5.73 Å². The highest BCUT2D eigenvalue weighted by Gasteiger charge is 2.11. The smallest absolute Gasteiger partial charge is 0.134 e. The standard InChI is InChI=1S/C11H8FN3/c1-6-2-3-8(12)9-10(14)7(4-13)5-15-11(6)9/h2-3,5H,1H3,(H2,14,15). The van der Waals surface area contributed by atoms with Gasteiger partial charge in [-0.05, 0) is 18.6 Å². The third kappa shape index (κ3) is 1.29. The molecular weight excluding hydrogens is 193 g/mol. The first-order valence-corrected chi connectivity index (χ1v) is 4.38. The lowest BCUT2D eigenvalue weighted by molar-refractivity contribution is 0.639. The number of fused-ring (bicyclic) bond motifs is 1. The molecule has 1 aromatic heterocycles. The van der Waals surface area contributed by atoms with Crippen molar-refractivity contribution >= 4 is 16.6 Å². The molecule has 0 atom stereocenters. The van der Waals surface area contributed by atoms with Crippen LogP contribution in [0.2, 0.25) is 0 Å². The molecule has 2 N–H and O–H groups in total. The van der Waals surface area contributed by atoms with Crippen LogP contribution in [0.15, 0.2) is 18.3 Å². The van der Waals surface area contributed by atoms with Crippen molar-refractivity contribution in [2.24, 2.45) is 0 Å². The zero-order valence-corrected chi connectivity index (χ0v) is 8.08. The van der Waals surface area contributed by atoms with E-state index in [1.807, 2.05) is 13.0 Å². The summed E-state index contributed by atoms with van der Waals surface area (Å²) in [6, 6.07) is 4.85. The van der Waals surface area contributed by atoms with E-state index >= 15 is 0 Å². The third-order valence-electron chi connectivity index (χ3n) is 2.33. The van der Waals surface area contributed by atoms with Crippen LogP contribution in [0.1, 0.15) is 11.1 Å². The van der Waals surface area contributed by atoms with Crippen LogP contribution in [0.4, 0.5) is 10.1 Å². The van der Waals surface area contributed by atoms with Crippen LogP contribution in [0, 0.1) is 24.1 Å². The third-order valence-corrected chi connectivity index (χ3v) is 2.33. The van der Waals surface area contributed by atoms with Gasteiger partial charge in [0.2, 0.25) is 0 Å². The van der Waals surface area contributed by atoms with Crippen molar-refractivity contribution in [3.8, 4) is 6.07 Å². The topological polar surface area (TPSA) is 62.7 Å². The van der Waals surface area contributed by atoms with Gasteiger partial charge in [-0.1, -0.05) is 6.07 Å².